The first-order chi connectivity index (χ1) is 6.10. The summed E-state index contributed by atoms with van der Waals surface area (Å²) in [5.74, 6) is -1.04. The molecule has 1 amide bonds. The van der Waals surface area contributed by atoms with Gasteiger partial charge in [0.05, 0.1) is 12.5 Å². The van der Waals surface area contributed by atoms with Crippen molar-refractivity contribution in [3.63, 3.8) is 0 Å². The third-order valence-corrected chi connectivity index (χ3v) is 1.07. The van der Waals surface area contributed by atoms with Crippen molar-refractivity contribution in [1.82, 2.24) is 5.32 Å². The van der Waals surface area contributed by atoms with Gasteiger partial charge in [0, 0.05) is 6.92 Å². The highest BCUT2D eigenvalue weighted by Crippen LogP contribution is 1.94. The maximum absolute atomic E-state index is 10.7. The molecule has 5 heteroatoms. The van der Waals surface area contributed by atoms with E-state index in [1.807, 2.05) is 0 Å². The molecule has 0 rings (SSSR count). The number of hydrogen-bond acceptors (Lipinski definition) is 4. The van der Waals surface area contributed by atoms with Crippen molar-refractivity contribution >= 4 is 11.9 Å². The predicted molar refractivity (Wildman–Crippen MR) is 44.1 cm³/mol. The van der Waals surface area contributed by atoms with Crippen LogP contribution >= 0.6 is 0 Å². The molecule has 0 aliphatic rings. The van der Waals surface area contributed by atoms with Gasteiger partial charge in [0.1, 0.15) is 0 Å². The van der Waals surface area contributed by atoms with Crippen LogP contribution in [0.5, 0.6) is 0 Å². The van der Waals surface area contributed by atoms with E-state index in [0.29, 0.717) is 0 Å². The van der Waals surface area contributed by atoms with E-state index in [0.717, 1.165) is 6.08 Å². The lowest BCUT2D eigenvalue weighted by atomic mass is 10.4. The first-order valence-electron chi connectivity index (χ1n) is 3.57. The molecule has 0 aliphatic carbocycles. The topological polar surface area (TPSA) is 79.2 Å². The molecule has 0 aromatic heterocycles. The fourth-order valence-corrected chi connectivity index (χ4v) is 0.623. The second-order valence-electron chi connectivity index (χ2n) is 2.17. The molecule has 0 bridgehead atoms. The monoisotopic (exact) mass is 182 g/mol. The molecule has 0 aromatic rings. The lowest BCUT2D eigenvalue weighted by Gasteiger charge is -2.13. The molecule has 13 heavy (non-hydrogen) atoms. The molecule has 0 radical (unpaired) electrons. The zero-order valence-corrected chi connectivity index (χ0v) is 7.24. The molecule has 0 aliphatic heterocycles. The maximum atomic E-state index is 10.7. The number of carbonyl (C=O) groups excluding carboxylic acids is 2. The second-order valence-corrected chi connectivity index (χ2v) is 2.17. The van der Waals surface area contributed by atoms with E-state index in [4.69, 9.17) is 5.26 Å². The first kappa shape index (κ1) is 11.2. The zero-order chi connectivity index (χ0) is 10.3. The van der Waals surface area contributed by atoms with Gasteiger partial charge in [-0.2, -0.15) is 5.26 Å². The van der Waals surface area contributed by atoms with E-state index >= 15 is 0 Å². The molecular weight excluding hydrogens is 172 g/mol. The Balaban J connectivity index is 4.09. The maximum Gasteiger partial charge on any atom is 0.304 e. The van der Waals surface area contributed by atoms with Gasteiger partial charge in [0.25, 0.3) is 0 Å². The van der Waals surface area contributed by atoms with E-state index in [1.54, 1.807) is 6.07 Å². The van der Waals surface area contributed by atoms with Crippen LogP contribution in [0.4, 0.5) is 0 Å². The number of carbonyl (C=O) groups is 2. The molecule has 0 fully saturated rings. The van der Waals surface area contributed by atoms with Crippen molar-refractivity contribution in [3.8, 4) is 6.07 Å². The SMILES string of the molecule is C=CC(=O)NC(CC#N)OC(C)=O. The Kier molecular flexibility index (Phi) is 4.96. The quantitative estimate of drug-likeness (QED) is 0.379. The Morgan fingerprint density at radius 3 is 2.77 bits per heavy atom. The van der Waals surface area contributed by atoms with Crippen LogP contribution in [-0.2, 0) is 14.3 Å². The Bertz CT molecular complexity index is 255. The lowest BCUT2D eigenvalue weighted by Crippen LogP contribution is -2.36. The summed E-state index contributed by atoms with van der Waals surface area (Å²) in [6.45, 7) is 4.42. The summed E-state index contributed by atoms with van der Waals surface area (Å²) in [5.41, 5.74) is 0. The molecule has 0 aromatic carbocycles. The summed E-state index contributed by atoms with van der Waals surface area (Å²) in [5, 5.41) is 10.6. The Hall–Kier alpha value is -1.83. The smallest absolute Gasteiger partial charge is 0.304 e. The van der Waals surface area contributed by atoms with Crippen molar-refractivity contribution in [2.45, 2.75) is 19.6 Å². The van der Waals surface area contributed by atoms with Crippen LogP contribution < -0.4 is 5.32 Å². The Morgan fingerprint density at radius 1 is 1.77 bits per heavy atom. The standard InChI is InChI=1S/C8H10N2O3/c1-3-7(12)10-8(4-5-9)13-6(2)11/h3,8H,1,4H2,2H3,(H,10,12). The van der Waals surface area contributed by atoms with Gasteiger partial charge in [-0.05, 0) is 6.08 Å². The van der Waals surface area contributed by atoms with Crippen LogP contribution in [0, 0.1) is 11.3 Å². The minimum Gasteiger partial charge on any atom is -0.441 e. The van der Waals surface area contributed by atoms with Gasteiger partial charge in [-0.3, -0.25) is 9.59 Å². The van der Waals surface area contributed by atoms with Crippen molar-refractivity contribution in [2.24, 2.45) is 0 Å². The summed E-state index contributed by atoms with van der Waals surface area (Å²) >= 11 is 0. The molecule has 1 N–H and O–H groups in total. The number of rotatable bonds is 4. The Morgan fingerprint density at radius 2 is 2.38 bits per heavy atom. The molecule has 0 saturated heterocycles. The minimum atomic E-state index is -0.895. The summed E-state index contributed by atoms with van der Waals surface area (Å²) < 4.78 is 4.62. The first-order valence-corrected chi connectivity index (χ1v) is 3.57. The molecule has 0 heterocycles. The molecule has 1 atom stereocenters. The third-order valence-electron chi connectivity index (χ3n) is 1.07. The number of amides is 1. The van der Waals surface area contributed by atoms with Crippen LogP contribution in [0.3, 0.4) is 0 Å². The van der Waals surface area contributed by atoms with Crippen LogP contribution in [0.1, 0.15) is 13.3 Å². The average Bonchev–Trinajstić information content (AvgIpc) is 2.03. The summed E-state index contributed by atoms with van der Waals surface area (Å²) in [7, 11) is 0. The lowest BCUT2D eigenvalue weighted by molar-refractivity contribution is -0.148. The largest absolute Gasteiger partial charge is 0.441 e. The number of hydrogen-bond donors (Lipinski definition) is 1. The summed E-state index contributed by atoms with van der Waals surface area (Å²) in [6.07, 6.45) is 0.0560. The van der Waals surface area contributed by atoms with E-state index in [9.17, 15) is 9.59 Å². The van der Waals surface area contributed by atoms with Crippen molar-refractivity contribution in [1.29, 1.82) is 5.26 Å². The predicted octanol–water partition coefficient (Wildman–Crippen LogP) is 0.0915. The van der Waals surface area contributed by atoms with E-state index in [1.165, 1.54) is 6.92 Å². The van der Waals surface area contributed by atoms with Crippen LogP contribution in [0.2, 0.25) is 0 Å². The molecule has 70 valence electrons. The van der Waals surface area contributed by atoms with Crippen LogP contribution in [-0.4, -0.2) is 18.1 Å². The van der Waals surface area contributed by atoms with E-state index in [2.05, 4.69) is 16.6 Å². The highest BCUT2D eigenvalue weighted by Gasteiger charge is 2.12. The fourth-order valence-electron chi connectivity index (χ4n) is 0.623. The van der Waals surface area contributed by atoms with Gasteiger partial charge in [-0.25, -0.2) is 0 Å². The zero-order valence-electron chi connectivity index (χ0n) is 7.24. The molecule has 0 spiro atoms. The number of nitrogens with zero attached hydrogens (tertiary/aromatic N) is 1. The van der Waals surface area contributed by atoms with Gasteiger partial charge in [0.15, 0.2) is 6.23 Å². The third kappa shape index (κ3) is 5.44. The normalized spacial score (nSPS) is 10.8. The van der Waals surface area contributed by atoms with Crippen molar-refractivity contribution < 1.29 is 14.3 Å². The van der Waals surface area contributed by atoms with Crippen LogP contribution in [0.15, 0.2) is 12.7 Å². The number of ether oxygens (including phenoxy) is 1. The van der Waals surface area contributed by atoms with Crippen molar-refractivity contribution in [3.05, 3.63) is 12.7 Å². The average molecular weight is 182 g/mol. The van der Waals surface area contributed by atoms with E-state index < -0.39 is 18.1 Å². The molecule has 1 unspecified atom stereocenters. The van der Waals surface area contributed by atoms with Gasteiger partial charge < -0.3 is 10.1 Å². The number of esters is 1. The molecule has 0 saturated carbocycles. The highest BCUT2D eigenvalue weighted by molar-refractivity contribution is 5.87. The Labute approximate surface area is 76.0 Å². The van der Waals surface area contributed by atoms with Crippen LogP contribution in [0.25, 0.3) is 0 Å². The van der Waals surface area contributed by atoms with Gasteiger partial charge >= 0.3 is 5.97 Å². The summed E-state index contributed by atoms with van der Waals surface area (Å²) in [4.78, 5) is 21.2. The van der Waals surface area contributed by atoms with E-state index in [-0.39, 0.29) is 6.42 Å². The molecular formula is C8H10N2O3. The number of nitriles is 1. The minimum absolute atomic E-state index is 0.0842. The second kappa shape index (κ2) is 5.77. The van der Waals surface area contributed by atoms with Gasteiger partial charge in [-0.1, -0.05) is 6.58 Å². The highest BCUT2D eigenvalue weighted by atomic mass is 16.6. The molecule has 5 nitrogen and oxygen atoms in total. The summed E-state index contributed by atoms with van der Waals surface area (Å²) in [6, 6.07) is 1.78. The fraction of sp³-hybridized carbons (Fsp3) is 0.375. The van der Waals surface area contributed by atoms with Gasteiger partial charge in [-0.15, -0.1) is 0 Å². The van der Waals surface area contributed by atoms with Gasteiger partial charge in [0.2, 0.25) is 5.91 Å². The number of nitrogens with one attached hydrogen (secondary N) is 1. The van der Waals surface area contributed by atoms with Crippen molar-refractivity contribution in [2.75, 3.05) is 0 Å².